The highest BCUT2D eigenvalue weighted by molar-refractivity contribution is 7.98. The molecule has 0 fully saturated rings. The summed E-state index contributed by atoms with van der Waals surface area (Å²) in [6.07, 6.45) is 2.07. The largest absolute Gasteiger partial charge is 0.314 e. The molecule has 0 amide bonds. The number of rotatable bonds is 3. The summed E-state index contributed by atoms with van der Waals surface area (Å²) in [6, 6.07) is 8.38. The molecule has 0 aliphatic carbocycles. The molecule has 1 aromatic heterocycles. The van der Waals surface area contributed by atoms with Gasteiger partial charge in [-0.05, 0) is 25.3 Å². The molecule has 0 radical (unpaired) electrons. The van der Waals surface area contributed by atoms with Gasteiger partial charge in [0.1, 0.15) is 10.0 Å². The number of nitrogens with two attached hydrogens (primary N) is 1. The van der Waals surface area contributed by atoms with Crippen LogP contribution in [0.1, 0.15) is 5.69 Å². The number of anilines is 1. The summed E-state index contributed by atoms with van der Waals surface area (Å²) < 4.78 is 0. The molecule has 0 unspecified atom stereocenters. The first-order valence-electron chi connectivity index (χ1n) is 4.83. The molecule has 16 heavy (non-hydrogen) atoms. The zero-order valence-electron chi connectivity index (χ0n) is 9.15. The minimum absolute atomic E-state index is 0.920. The maximum atomic E-state index is 5.40. The molecule has 1 heterocycles. The van der Waals surface area contributed by atoms with E-state index in [2.05, 4.69) is 40.9 Å². The Balaban J connectivity index is 2.34. The average molecular weight is 251 g/mol. The molecule has 0 saturated carbocycles. The summed E-state index contributed by atoms with van der Waals surface area (Å²) in [6.45, 7) is 1.95. The molecule has 3 nitrogen and oxygen atoms in total. The Morgan fingerprint density at radius 3 is 2.50 bits per heavy atom. The van der Waals surface area contributed by atoms with Gasteiger partial charge in [-0.3, -0.25) is 0 Å². The van der Waals surface area contributed by atoms with Crippen LogP contribution in [0.3, 0.4) is 0 Å². The number of aryl methyl sites for hydroxylation is 1. The zero-order valence-corrected chi connectivity index (χ0v) is 10.8. The number of benzene rings is 1. The number of hydrogen-bond donors (Lipinski definition) is 2. The average Bonchev–Trinajstić information content (AvgIpc) is 2.71. The normalized spacial score (nSPS) is 10.4. The molecule has 0 atom stereocenters. The summed E-state index contributed by atoms with van der Waals surface area (Å²) in [5.74, 6) is 5.40. The lowest BCUT2D eigenvalue weighted by atomic mass is 10.2. The molecule has 0 bridgehead atoms. The van der Waals surface area contributed by atoms with Crippen LogP contribution in [0.25, 0.3) is 10.6 Å². The third-order valence-electron chi connectivity index (χ3n) is 2.26. The smallest absolute Gasteiger partial charge is 0.126 e. The van der Waals surface area contributed by atoms with Crippen LogP contribution < -0.4 is 11.3 Å². The molecule has 84 valence electrons. The van der Waals surface area contributed by atoms with Gasteiger partial charge in [0.05, 0.1) is 5.69 Å². The topological polar surface area (TPSA) is 50.9 Å². The number of aromatic nitrogens is 1. The molecule has 1 aromatic carbocycles. The van der Waals surface area contributed by atoms with Crippen LogP contribution in [-0.4, -0.2) is 11.2 Å². The quantitative estimate of drug-likeness (QED) is 0.500. The van der Waals surface area contributed by atoms with E-state index in [1.165, 1.54) is 4.90 Å². The van der Waals surface area contributed by atoms with E-state index in [1.54, 1.807) is 23.1 Å². The highest BCUT2D eigenvalue weighted by atomic mass is 32.2. The molecular weight excluding hydrogens is 238 g/mol. The first-order chi connectivity index (χ1) is 7.74. The first-order valence-corrected chi connectivity index (χ1v) is 6.87. The van der Waals surface area contributed by atoms with Gasteiger partial charge in [0.2, 0.25) is 0 Å². The maximum Gasteiger partial charge on any atom is 0.126 e. The van der Waals surface area contributed by atoms with E-state index in [9.17, 15) is 0 Å². The van der Waals surface area contributed by atoms with E-state index >= 15 is 0 Å². The highest BCUT2D eigenvalue weighted by Gasteiger charge is 2.07. The summed E-state index contributed by atoms with van der Waals surface area (Å²) in [4.78, 5) is 5.73. The molecule has 0 aliphatic rings. The number of thioether (sulfide) groups is 1. The van der Waals surface area contributed by atoms with Gasteiger partial charge in [-0.1, -0.05) is 23.5 Å². The van der Waals surface area contributed by atoms with Gasteiger partial charge in [0.25, 0.3) is 0 Å². The molecule has 5 heteroatoms. The molecule has 0 aliphatic heterocycles. The van der Waals surface area contributed by atoms with Crippen LogP contribution in [-0.2, 0) is 0 Å². The van der Waals surface area contributed by atoms with Crippen LogP contribution >= 0.6 is 23.1 Å². The van der Waals surface area contributed by atoms with Gasteiger partial charge in [0, 0.05) is 10.5 Å². The Labute approximate surface area is 103 Å². The van der Waals surface area contributed by atoms with Crippen LogP contribution in [0.5, 0.6) is 0 Å². The van der Waals surface area contributed by atoms with Crippen molar-refractivity contribution in [3.8, 4) is 10.6 Å². The fraction of sp³-hybridized carbons (Fsp3) is 0.182. The maximum absolute atomic E-state index is 5.40. The van der Waals surface area contributed by atoms with Crippen molar-refractivity contribution in [3.63, 3.8) is 0 Å². The second-order valence-electron chi connectivity index (χ2n) is 3.31. The molecule has 2 rings (SSSR count). The highest BCUT2D eigenvalue weighted by Crippen LogP contribution is 2.31. The van der Waals surface area contributed by atoms with E-state index in [0.717, 1.165) is 21.3 Å². The number of hydrogen-bond acceptors (Lipinski definition) is 5. The zero-order chi connectivity index (χ0) is 11.5. The van der Waals surface area contributed by atoms with Crippen LogP contribution in [0.15, 0.2) is 29.2 Å². The summed E-state index contributed by atoms with van der Waals surface area (Å²) in [5, 5.41) is 1.92. The van der Waals surface area contributed by atoms with Gasteiger partial charge in [-0.15, -0.1) is 11.8 Å². The SMILES string of the molecule is CSc1ccc(-c2nc(C)c(NN)s2)cc1. The van der Waals surface area contributed by atoms with Crippen molar-refractivity contribution >= 4 is 28.1 Å². The third kappa shape index (κ3) is 2.21. The van der Waals surface area contributed by atoms with Crippen LogP contribution in [0.2, 0.25) is 0 Å². The number of nitrogen functional groups attached to an aromatic ring is 1. The monoisotopic (exact) mass is 251 g/mol. The van der Waals surface area contributed by atoms with Crippen molar-refractivity contribution < 1.29 is 0 Å². The Morgan fingerprint density at radius 2 is 2.00 bits per heavy atom. The number of nitrogens with one attached hydrogen (secondary N) is 1. The fourth-order valence-corrected chi connectivity index (χ4v) is 2.68. The second kappa shape index (κ2) is 4.86. The molecule has 0 saturated heterocycles. The third-order valence-corrected chi connectivity index (χ3v) is 4.15. The summed E-state index contributed by atoms with van der Waals surface area (Å²) in [5.41, 5.74) is 4.73. The lowest BCUT2D eigenvalue weighted by molar-refractivity contribution is 1.24. The van der Waals surface area contributed by atoms with E-state index in [4.69, 9.17) is 5.84 Å². The minimum Gasteiger partial charge on any atom is -0.314 e. The van der Waals surface area contributed by atoms with Crippen LogP contribution in [0.4, 0.5) is 5.00 Å². The van der Waals surface area contributed by atoms with E-state index in [0.29, 0.717) is 0 Å². The van der Waals surface area contributed by atoms with Crippen molar-refractivity contribution in [3.05, 3.63) is 30.0 Å². The van der Waals surface area contributed by atoms with E-state index in [1.807, 2.05) is 6.92 Å². The Bertz CT molecular complexity index is 476. The number of thiazole rings is 1. The van der Waals surface area contributed by atoms with Crippen molar-refractivity contribution in [2.75, 3.05) is 11.7 Å². The lowest BCUT2D eigenvalue weighted by Gasteiger charge is -1.98. The van der Waals surface area contributed by atoms with Gasteiger partial charge in [-0.25, -0.2) is 10.8 Å². The molecule has 2 aromatic rings. The lowest BCUT2D eigenvalue weighted by Crippen LogP contribution is -2.05. The Morgan fingerprint density at radius 1 is 1.31 bits per heavy atom. The van der Waals surface area contributed by atoms with Gasteiger partial charge < -0.3 is 5.43 Å². The van der Waals surface area contributed by atoms with E-state index < -0.39 is 0 Å². The minimum atomic E-state index is 0.920. The predicted molar refractivity (Wildman–Crippen MR) is 71.9 cm³/mol. The van der Waals surface area contributed by atoms with Crippen LogP contribution in [0, 0.1) is 6.92 Å². The van der Waals surface area contributed by atoms with Crippen molar-refractivity contribution in [2.45, 2.75) is 11.8 Å². The predicted octanol–water partition coefficient (Wildman–Crippen LogP) is 3.13. The second-order valence-corrected chi connectivity index (χ2v) is 5.19. The van der Waals surface area contributed by atoms with Gasteiger partial charge >= 0.3 is 0 Å². The van der Waals surface area contributed by atoms with Gasteiger partial charge in [0.15, 0.2) is 0 Å². The molecular formula is C11H13N3S2. The van der Waals surface area contributed by atoms with Crippen molar-refractivity contribution in [1.82, 2.24) is 4.98 Å². The van der Waals surface area contributed by atoms with Gasteiger partial charge in [-0.2, -0.15) is 0 Å². The standard InChI is InChI=1S/C11H13N3S2/c1-7-10(14-12)16-11(13-7)8-3-5-9(15-2)6-4-8/h3-6,14H,12H2,1-2H3. The van der Waals surface area contributed by atoms with E-state index in [-0.39, 0.29) is 0 Å². The number of hydrazine groups is 1. The first kappa shape index (κ1) is 11.4. The Kier molecular flexibility index (Phi) is 3.48. The summed E-state index contributed by atoms with van der Waals surface area (Å²) in [7, 11) is 0. The van der Waals surface area contributed by atoms with Crippen molar-refractivity contribution in [2.24, 2.45) is 5.84 Å². The molecule has 0 spiro atoms. The molecule has 3 N–H and O–H groups in total. The number of nitrogens with zero attached hydrogens (tertiary/aromatic N) is 1. The Hall–Kier alpha value is -1.04. The summed E-state index contributed by atoms with van der Waals surface area (Å²) >= 11 is 3.31. The fourth-order valence-electron chi connectivity index (χ4n) is 1.39. The van der Waals surface area contributed by atoms with Crippen molar-refractivity contribution in [1.29, 1.82) is 0 Å².